The van der Waals surface area contributed by atoms with Gasteiger partial charge in [-0.15, -0.1) is 5.53 Å². The SMILES string of the molecule is Cc1nc(C(F)(F)F)cn1-c1ccc(-c2cc(Cl)c(CO)c(S(C)(=O)=O)c2)cc1N1NNC=C1c1ccc(Cl)cc1. The molecule has 3 aromatic carbocycles. The molecule has 0 amide bonds. The third-order valence-electron chi connectivity index (χ3n) is 6.46. The second-order valence-corrected chi connectivity index (χ2v) is 12.1. The molecule has 0 saturated heterocycles. The number of imidazole rings is 1. The fraction of sp³-hybridized carbons (Fsp3) is 0.148. The predicted octanol–water partition coefficient (Wildman–Crippen LogP) is 5.90. The zero-order chi connectivity index (χ0) is 29.7. The van der Waals surface area contributed by atoms with Gasteiger partial charge in [-0.3, -0.25) is 5.01 Å². The Morgan fingerprint density at radius 2 is 1.66 bits per heavy atom. The van der Waals surface area contributed by atoms with Crippen LogP contribution in [0.5, 0.6) is 0 Å². The molecule has 0 spiro atoms. The lowest BCUT2D eigenvalue weighted by molar-refractivity contribution is -0.141. The van der Waals surface area contributed by atoms with Crippen molar-refractivity contribution in [3.8, 4) is 16.8 Å². The summed E-state index contributed by atoms with van der Waals surface area (Å²) in [4.78, 5) is 3.58. The molecule has 3 N–H and O–H groups in total. The Morgan fingerprint density at radius 3 is 2.27 bits per heavy atom. The number of alkyl halides is 3. The third kappa shape index (κ3) is 5.66. The Bertz CT molecular complexity index is 1790. The van der Waals surface area contributed by atoms with Gasteiger partial charge in [-0.1, -0.05) is 41.4 Å². The number of halogens is 5. The number of hydrogen-bond acceptors (Lipinski definition) is 7. The summed E-state index contributed by atoms with van der Waals surface area (Å²) in [6.45, 7) is 0.885. The number of aryl methyl sites for hydroxylation is 1. The van der Waals surface area contributed by atoms with Crippen molar-refractivity contribution in [3.05, 3.63) is 99.7 Å². The first-order chi connectivity index (χ1) is 19.3. The van der Waals surface area contributed by atoms with Crippen molar-refractivity contribution in [3.63, 3.8) is 0 Å². The molecule has 8 nitrogen and oxygen atoms in total. The molecule has 214 valence electrons. The van der Waals surface area contributed by atoms with E-state index in [1.54, 1.807) is 53.7 Å². The standard InChI is InChI=1S/C27H22Cl2F3N5O3S/c1-15-34-26(27(30,31)32)13-36(15)22-8-5-17(18-9-21(29)20(14-38)25(11-18)41(2,39)40)10-23(22)37-24(12-33-35-37)16-3-6-19(28)7-4-16/h3-13,33,35,38H,14H2,1-2H3. The number of sulfone groups is 1. The highest BCUT2D eigenvalue weighted by molar-refractivity contribution is 7.90. The summed E-state index contributed by atoms with van der Waals surface area (Å²) in [5.74, 6) is 0.102. The lowest BCUT2D eigenvalue weighted by Crippen LogP contribution is -2.37. The van der Waals surface area contributed by atoms with Crippen LogP contribution in [0.3, 0.4) is 0 Å². The van der Waals surface area contributed by atoms with Gasteiger partial charge in [0.1, 0.15) is 5.82 Å². The van der Waals surface area contributed by atoms with E-state index in [4.69, 9.17) is 23.2 Å². The van der Waals surface area contributed by atoms with Gasteiger partial charge in [-0.05, 0) is 54.4 Å². The molecule has 0 unspecified atom stereocenters. The van der Waals surface area contributed by atoms with Gasteiger partial charge >= 0.3 is 6.18 Å². The molecule has 0 saturated carbocycles. The van der Waals surface area contributed by atoms with Crippen LogP contribution >= 0.6 is 23.2 Å². The molecule has 2 heterocycles. The normalized spacial score (nSPS) is 13.9. The first-order valence-electron chi connectivity index (χ1n) is 12.0. The van der Waals surface area contributed by atoms with Gasteiger partial charge in [0.15, 0.2) is 15.5 Å². The van der Waals surface area contributed by atoms with E-state index in [9.17, 15) is 26.7 Å². The van der Waals surface area contributed by atoms with Crippen molar-refractivity contribution < 1.29 is 26.7 Å². The minimum Gasteiger partial charge on any atom is -0.392 e. The topological polar surface area (TPSA) is 99.5 Å². The van der Waals surface area contributed by atoms with Crippen LogP contribution in [0.2, 0.25) is 10.0 Å². The maximum Gasteiger partial charge on any atom is 0.434 e. The number of benzene rings is 3. The van der Waals surface area contributed by atoms with Crippen molar-refractivity contribution >= 4 is 44.4 Å². The van der Waals surface area contributed by atoms with E-state index in [0.29, 0.717) is 33.2 Å². The fourth-order valence-electron chi connectivity index (χ4n) is 4.51. The monoisotopic (exact) mass is 623 g/mol. The summed E-state index contributed by atoms with van der Waals surface area (Å²) in [5.41, 5.74) is 8.00. The Kier molecular flexibility index (Phi) is 7.55. The average Bonchev–Trinajstić information content (AvgIpc) is 3.55. The fourth-order valence-corrected chi connectivity index (χ4v) is 5.94. The van der Waals surface area contributed by atoms with E-state index < -0.39 is 28.3 Å². The molecule has 1 aromatic heterocycles. The molecule has 5 rings (SSSR count). The number of hydrazine groups is 2. The summed E-state index contributed by atoms with van der Waals surface area (Å²) >= 11 is 12.4. The molecule has 0 aliphatic carbocycles. The highest BCUT2D eigenvalue weighted by Crippen LogP contribution is 2.39. The maximum atomic E-state index is 13.5. The first kappa shape index (κ1) is 29.0. The largest absolute Gasteiger partial charge is 0.434 e. The number of rotatable bonds is 6. The van der Waals surface area contributed by atoms with E-state index >= 15 is 0 Å². The van der Waals surface area contributed by atoms with Gasteiger partial charge in [0, 0.05) is 39.8 Å². The molecular formula is C27H22Cl2F3N5O3S. The first-order valence-corrected chi connectivity index (χ1v) is 14.6. The number of anilines is 1. The second kappa shape index (κ2) is 10.7. The molecular weight excluding hydrogens is 602 g/mol. The van der Waals surface area contributed by atoms with E-state index in [0.717, 1.165) is 18.0 Å². The Labute approximate surface area is 243 Å². The van der Waals surface area contributed by atoms with Crippen LogP contribution in [0.4, 0.5) is 18.9 Å². The smallest absolute Gasteiger partial charge is 0.392 e. The lowest BCUT2D eigenvalue weighted by Gasteiger charge is -2.26. The highest BCUT2D eigenvalue weighted by Gasteiger charge is 2.35. The van der Waals surface area contributed by atoms with E-state index in [1.165, 1.54) is 23.6 Å². The van der Waals surface area contributed by atoms with Crippen molar-refractivity contribution in [2.75, 3.05) is 11.3 Å². The molecule has 1 aliphatic heterocycles. The summed E-state index contributed by atoms with van der Waals surface area (Å²) < 4.78 is 66.9. The quantitative estimate of drug-likeness (QED) is 0.246. The lowest BCUT2D eigenvalue weighted by atomic mass is 10.0. The van der Waals surface area contributed by atoms with Crippen LogP contribution in [-0.2, 0) is 22.6 Å². The Balaban J connectivity index is 1.72. The van der Waals surface area contributed by atoms with Gasteiger partial charge < -0.3 is 15.1 Å². The number of nitrogens with zero attached hydrogens (tertiary/aromatic N) is 3. The van der Waals surface area contributed by atoms with Gasteiger partial charge in [-0.2, -0.15) is 13.2 Å². The zero-order valence-corrected chi connectivity index (χ0v) is 23.8. The van der Waals surface area contributed by atoms with Gasteiger partial charge in [0.25, 0.3) is 0 Å². The van der Waals surface area contributed by atoms with Crippen LogP contribution in [-0.4, -0.2) is 29.3 Å². The molecule has 41 heavy (non-hydrogen) atoms. The average molecular weight is 624 g/mol. The van der Waals surface area contributed by atoms with Crippen LogP contribution in [0.25, 0.3) is 22.5 Å². The molecule has 0 atom stereocenters. The van der Waals surface area contributed by atoms with E-state index in [1.807, 2.05) is 0 Å². The van der Waals surface area contributed by atoms with Crippen LogP contribution in [0.1, 0.15) is 22.6 Å². The van der Waals surface area contributed by atoms with E-state index in [-0.39, 0.29) is 21.3 Å². The molecule has 4 aromatic rings. The number of nitrogens with one attached hydrogen (secondary N) is 2. The number of aliphatic hydroxyl groups excluding tert-OH is 1. The van der Waals surface area contributed by atoms with Crippen molar-refractivity contribution in [1.29, 1.82) is 0 Å². The van der Waals surface area contributed by atoms with Crippen molar-refractivity contribution in [2.24, 2.45) is 0 Å². The summed E-state index contributed by atoms with van der Waals surface area (Å²) in [5, 5.41) is 12.0. The van der Waals surface area contributed by atoms with Crippen molar-refractivity contribution in [1.82, 2.24) is 20.5 Å². The molecule has 1 aliphatic rings. The summed E-state index contributed by atoms with van der Waals surface area (Å²) in [6, 6.07) is 14.8. The van der Waals surface area contributed by atoms with Crippen molar-refractivity contribution in [2.45, 2.75) is 24.6 Å². The molecule has 0 radical (unpaired) electrons. The minimum atomic E-state index is -4.65. The van der Waals surface area contributed by atoms with Crippen LogP contribution in [0.15, 0.2) is 71.9 Å². The second-order valence-electron chi connectivity index (χ2n) is 9.24. The molecule has 0 fully saturated rings. The number of aliphatic hydroxyl groups is 1. The highest BCUT2D eigenvalue weighted by atomic mass is 35.5. The third-order valence-corrected chi connectivity index (χ3v) is 8.21. The van der Waals surface area contributed by atoms with Crippen LogP contribution in [0, 0.1) is 6.92 Å². The van der Waals surface area contributed by atoms with Gasteiger partial charge in [0.05, 0.1) is 28.6 Å². The van der Waals surface area contributed by atoms with Gasteiger partial charge in [-0.25, -0.2) is 13.4 Å². The van der Waals surface area contributed by atoms with Gasteiger partial charge in [0.2, 0.25) is 0 Å². The minimum absolute atomic E-state index is 0.0547. The summed E-state index contributed by atoms with van der Waals surface area (Å²) in [6.07, 6.45) is -1.04. The number of aromatic nitrogens is 2. The Hall–Kier alpha value is -3.55. The predicted molar refractivity (Wildman–Crippen MR) is 151 cm³/mol. The number of hydrogen-bond donors (Lipinski definition) is 3. The van der Waals surface area contributed by atoms with Crippen LogP contribution < -0.4 is 16.0 Å². The molecule has 0 bridgehead atoms. The Morgan fingerprint density at radius 1 is 0.976 bits per heavy atom. The molecule has 14 heteroatoms. The maximum absolute atomic E-state index is 13.5. The summed E-state index contributed by atoms with van der Waals surface area (Å²) in [7, 11) is -3.76. The van der Waals surface area contributed by atoms with E-state index in [2.05, 4.69) is 15.9 Å². The zero-order valence-electron chi connectivity index (χ0n) is 21.5.